The van der Waals surface area contributed by atoms with Gasteiger partial charge in [0.15, 0.2) is 0 Å². The molecule has 0 radical (unpaired) electrons. The summed E-state index contributed by atoms with van der Waals surface area (Å²) in [4.78, 5) is 53.3. The van der Waals surface area contributed by atoms with Gasteiger partial charge in [0.1, 0.15) is 0 Å². The lowest BCUT2D eigenvalue weighted by Crippen LogP contribution is -2.44. The lowest BCUT2D eigenvalue weighted by Gasteiger charge is -2.27. The maximum atomic E-state index is 12.7. The highest BCUT2D eigenvalue weighted by atomic mass is 16.2. The van der Waals surface area contributed by atoms with E-state index in [1.807, 2.05) is 12.1 Å². The van der Waals surface area contributed by atoms with Gasteiger partial charge in [-0.15, -0.1) is 0 Å². The molecule has 2 aliphatic rings. The van der Waals surface area contributed by atoms with Crippen molar-refractivity contribution in [3.8, 4) is 0 Å². The van der Waals surface area contributed by atoms with Gasteiger partial charge in [0, 0.05) is 87.9 Å². The third kappa shape index (κ3) is 6.28. The monoisotopic (exact) mass is 624 g/mol. The zero-order valence-corrected chi connectivity index (χ0v) is 25.7. The van der Waals surface area contributed by atoms with Crippen LogP contribution in [0.25, 0.3) is 21.5 Å². The van der Waals surface area contributed by atoms with Crippen molar-refractivity contribution in [2.24, 2.45) is 11.5 Å². The summed E-state index contributed by atoms with van der Waals surface area (Å²) in [7, 11) is 0. The molecule has 0 spiro atoms. The van der Waals surface area contributed by atoms with Crippen LogP contribution in [0.1, 0.15) is 54.3 Å². The minimum absolute atomic E-state index is 0.252. The number of imide groups is 2. The predicted molar refractivity (Wildman–Crippen MR) is 181 cm³/mol. The molecule has 2 heterocycles. The molecule has 6 rings (SSSR count). The van der Waals surface area contributed by atoms with E-state index in [1.165, 1.54) is 9.80 Å². The lowest BCUT2D eigenvalue weighted by molar-refractivity contribution is 0.0595. The fourth-order valence-corrected chi connectivity index (χ4v) is 5.88. The van der Waals surface area contributed by atoms with Crippen molar-refractivity contribution >= 4 is 56.5 Å². The molecule has 12 heteroatoms. The van der Waals surface area contributed by atoms with Gasteiger partial charge >= 0.3 is 0 Å². The predicted octanol–water partition coefficient (Wildman–Crippen LogP) is 1.91. The fraction of sp³-hybridized carbons (Fsp3) is 0.294. The molecule has 0 bridgehead atoms. The summed E-state index contributed by atoms with van der Waals surface area (Å²) < 4.78 is 0. The van der Waals surface area contributed by atoms with Gasteiger partial charge in [0.25, 0.3) is 23.6 Å². The SMILES string of the molecule is NCCCNCCN1C(=O)c2cccc3c(N)ccc(c23)C1=O.NCCNCCCN1C(=O)c2cccc3c(N)ccc(c23)C1=O. The molecule has 0 atom stereocenters. The molecule has 240 valence electrons. The average molecular weight is 625 g/mol. The third-order valence-corrected chi connectivity index (χ3v) is 8.18. The molecular formula is C34H40N8O4. The number of hydrogen-bond donors (Lipinski definition) is 6. The Kier molecular flexibility index (Phi) is 10.2. The molecule has 0 saturated heterocycles. The smallest absolute Gasteiger partial charge is 0.261 e. The van der Waals surface area contributed by atoms with Crippen LogP contribution in [0.5, 0.6) is 0 Å². The summed E-state index contributed by atoms with van der Waals surface area (Å²) in [5.74, 6) is -1.03. The number of rotatable bonds is 12. The largest absolute Gasteiger partial charge is 0.398 e. The molecule has 10 N–H and O–H groups in total. The number of nitrogens with zero attached hydrogens (tertiary/aromatic N) is 2. The van der Waals surface area contributed by atoms with Gasteiger partial charge in [0.2, 0.25) is 0 Å². The highest BCUT2D eigenvalue weighted by molar-refractivity contribution is 6.27. The van der Waals surface area contributed by atoms with Crippen molar-refractivity contribution in [2.45, 2.75) is 12.8 Å². The zero-order valence-electron chi connectivity index (χ0n) is 25.7. The van der Waals surface area contributed by atoms with Crippen LogP contribution in [0.4, 0.5) is 11.4 Å². The van der Waals surface area contributed by atoms with E-state index in [4.69, 9.17) is 22.9 Å². The fourth-order valence-electron chi connectivity index (χ4n) is 5.88. The molecule has 0 saturated carbocycles. The van der Waals surface area contributed by atoms with Crippen LogP contribution >= 0.6 is 0 Å². The molecule has 4 aromatic carbocycles. The first-order valence-corrected chi connectivity index (χ1v) is 15.5. The summed E-state index contributed by atoms with van der Waals surface area (Å²) in [6.07, 6.45) is 1.56. The van der Waals surface area contributed by atoms with Gasteiger partial charge in [-0.05, 0) is 68.9 Å². The topological polar surface area (TPSA) is 203 Å². The number of carbonyl (C=O) groups is 4. The standard InChI is InChI=1S/2C17H20N4O2/c18-7-9-20-8-2-10-21-16(22)12-4-1-3-11-14(19)6-5-13(15(11)12)17(21)23;18-7-2-8-20-9-10-21-16(22)12-4-1-3-11-14(19)6-5-13(15(11)12)17(21)23/h2*1,3-6,20H,2,7-10,18-19H2. The number of nitrogen functional groups attached to an aromatic ring is 2. The molecule has 0 aromatic heterocycles. The van der Waals surface area contributed by atoms with Crippen LogP contribution in [0.3, 0.4) is 0 Å². The van der Waals surface area contributed by atoms with Crippen molar-refractivity contribution < 1.29 is 19.2 Å². The summed E-state index contributed by atoms with van der Waals surface area (Å²) in [6.45, 7) is 4.67. The number of nitrogens with two attached hydrogens (primary N) is 4. The maximum absolute atomic E-state index is 12.7. The van der Waals surface area contributed by atoms with Crippen LogP contribution < -0.4 is 33.6 Å². The van der Waals surface area contributed by atoms with Crippen LogP contribution in [0, 0.1) is 0 Å². The second kappa shape index (κ2) is 14.5. The summed E-state index contributed by atoms with van der Waals surface area (Å²) in [5, 5.41) is 9.18. The molecular weight excluding hydrogens is 584 g/mol. The molecule has 0 unspecified atom stereocenters. The Morgan fingerprint density at radius 2 is 0.957 bits per heavy atom. The van der Waals surface area contributed by atoms with Gasteiger partial charge in [-0.25, -0.2) is 0 Å². The number of benzene rings is 4. The Hall–Kier alpha value is -4.88. The minimum Gasteiger partial charge on any atom is -0.398 e. The van der Waals surface area contributed by atoms with Crippen molar-refractivity contribution in [1.29, 1.82) is 0 Å². The van der Waals surface area contributed by atoms with Crippen LogP contribution in [0.2, 0.25) is 0 Å². The second-order valence-electron chi connectivity index (χ2n) is 11.2. The molecule has 2 aliphatic heterocycles. The Morgan fingerprint density at radius 1 is 0.500 bits per heavy atom. The normalized spacial score (nSPS) is 13.9. The van der Waals surface area contributed by atoms with E-state index in [2.05, 4.69) is 10.6 Å². The first-order valence-electron chi connectivity index (χ1n) is 15.5. The molecule has 4 amide bonds. The first kappa shape index (κ1) is 32.5. The van der Waals surface area contributed by atoms with E-state index in [0.29, 0.717) is 90.1 Å². The average Bonchev–Trinajstić information content (AvgIpc) is 3.06. The van der Waals surface area contributed by atoms with Crippen LogP contribution in [0.15, 0.2) is 60.7 Å². The molecule has 12 nitrogen and oxygen atoms in total. The number of amides is 4. The second-order valence-corrected chi connectivity index (χ2v) is 11.2. The van der Waals surface area contributed by atoms with Gasteiger partial charge < -0.3 is 33.6 Å². The van der Waals surface area contributed by atoms with E-state index >= 15 is 0 Å². The Balaban J connectivity index is 0.000000181. The van der Waals surface area contributed by atoms with E-state index in [1.54, 1.807) is 48.5 Å². The highest BCUT2D eigenvalue weighted by Crippen LogP contribution is 2.34. The Labute approximate surface area is 267 Å². The van der Waals surface area contributed by atoms with Gasteiger partial charge in [-0.3, -0.25) is 29.0 Å². The number of carbonyl (C=O) groups excluding carboxylic acids is 4. The van der Waals surface area contributed by atoms with Crippen molar-refractivity contribution in [1.82, 2.24) is 20.4 Å². The van der Waals surface area contributed by atoms with E-state index in [0.717, 1.165) is 30.3 Å². The van der Waals surface area contributed by atoms with Gasteiger partial charge in [0.05, 0.1) is 0 Å². The van der Waals surface area contributed by atoms with Gasteiger partial charge in [-0.2, -0.15) is 0 Å². The lowest BCUT2D eigenvalue weighted by atomic mass is 9.93. The third-order valence-electron chi connectivity index (χ3n) is 8.18. The summed E-state index contributed by atoms with van der Waals surface area (Å²) >= 11 is 0. The van der Waals surface area contributed by atoms with E-state index < -0.39 is 0 Å². The number of nitrogens with one attached hydrogen (secondary N) is 2. The van der Waals surface area contributed by atoms with Crippen LogP contribution in [-0.2, 0) is 0 Å². The molecule has 4 aromatic rings. The van der Waals surface area contributed by atoms with Crippen molar-refractivity contribution in [2.75, 3.05) is 63.8 Å². The highest BCUT2D eigenvalue weighted by Gasteiger charge is 2.34. The molecule has 0 fully saturated rings. The number of anilines is 2. The Bertz CT molecular complexity index is 1630. The molecule has 46 heavy (non-hydrogen) atoms. The number of hydrogen-bond acceptors (Lipinski definition) is 10. The maximum Gasteiger partial charge on any atom is 0.261 e. The molecule has 0 aliphatic carbocycles. The minimum atomic E-state index is -0.265. The van der Waals surface area contributed by atoms with E-state index in [9.17, 15) is 19.2 Å². The first-order chi connectivity index (χ1) is 22.3. The van der Waals surface area contributed by atoms with Gasteiger partial charge in [-0.1, -0.05) is 24.3 Å². The van der Waals surface area contributed by atoms with Crippen LogP contribution in [-0.4, -0.2) is 85.8 Å². The quantitative estimate of drug-likeness (QED) is 0.0768. The van der Waals surface area contributed by atoms with E-state index in [-0.39, 0.29) is 23.6 Å². The Morgan fingerprint density at radius 3 is 1.46 bits per heavy atom. The summed E-state index contributed by atoms with van der Waals surface area (Å²) in [5.41, 5.74) is 26.1. The zero-order chi connectivity index (χ0) is 32.8. The van der Waals surface area contributed by atoms with Crippen molar-refractivity contribution in [3.63, 3.8) is 0 Å². The van der Waals surface area contributed by atoms with Crippen molar-refractivity contribution in [3.05, 3.63) is 82.9 Å². The summed E-state index contributed by atoms with van der Waals surface area (Å²) in [6, 6.07) is 17.6.